The number of pyridine rings is 1. The van der Waals surface area contributed by atoms with Gasteiger partial charge in [-0.2, -0.15) is 15.8 Å². The summed E-state index contributed by atoms with van der Waals surface area (Å²) in [4.78, 5) is 4.46. The summed E-state index contributed by atoms with van der Waals surface area (Å²) >= 11 is 0. The zero-order valence-electron chi connectivity index (χ0n) is 20.0. The summed E-state index contributed by atoms with van der Waals surface area (Å²) in [5.41, 5.74) is 6.82. The molecule has 6 rings (SSSR count). The van der Waals surface area contributed by atoms with Crippen LogP contribution in [0, 0.1) is 39.2 Å². The third-order valence-corrected chi connectivity index (χ3v) is 6.86. The number of hydrogen-bond donors (Lipinski definition) is 0. The van der Waals surface area contributed by atoms with Crippen molar-refractivity contribution in [3.63, 3.8) is 0 Å². The highest BCUT2D eigenvalue weighted by molar-refractivity contribution is 5.97. The fourth-order valence-corrected chi connectivity index (χ4v) is 5.10. The average molecular weight is 488 g/mol. The molecule has 0 N–H and O–H groups in total. The highest BCUT2D eigenvalue weighted by atomic mass is 16.5. The second kappa shape index (κ2) is 8.82. The minimum Gasteiger partial charge on any atom is -0.615 e. The van der Waals surface area contributed by atoms with Crippen molar-refractivity contribution in [2.24, 2.45) is 0 Å². The maximum Gasteiger partial charge on any atom is 0.246 e. The van der Waals surface area contributed by atoms with Gasteiger partial charge in [0.1, 0.15) is 5.69 Å². The topological polar surface area (TPSA) is 107 Å². The van der Waals surface area contributed by atoms with Gasteiger partial charge in [-0.1, -0.05) is 36.4 Å². The minimum atomic E-state index is -0.752. The van der Waals surface area contributed by atoms with Crippen LogP contribution in [0.3, 0.4) is 0 Å². The Hall–Kier alpha value is -5.58. The number of fused-ring (bicyclic) bond motifs is 3. The lowest BCUT2D eigenvalue weighted by Crippen LogP contribution is -2.29. The molecule has 0 radical (unpaired) electrons. The van der Waals surface area contributed by atoms with Crippen LogP contribution in [0.4, 0.5) is 17.2 Å². The molecule has 5 aromatic rings. The Balaban J connectivity index is 1.37. The summed E-state index contributed by atoms with van der Waals surface area (Å²) in [6.07, 6.45) is 1.65. The molecule has 0 bridgehead atoms. The van der Waals surface area contributed by atoms with Gasteiger partial charge >= 0.3 is 0 Å². The Bertz CT molecular complexity index is 1770. The van der Waals surface area contributed by atoms with Crippen LogP contribution >= 0.6 is 0 Å². The second-order valence-electron chi connectivity index (χ2n) is 8.91. The number of hydrogen-bond acceptors (Lipinski definition) is 5. The third-order valence-electron chi connectivity index (χ3n) is 6.86. The van der Waals surface area contributed by atoms with Gasteiger partial charge in [0, 0.05) is 30.0 Å². The molecule has 1 atom stereocenters. The molecule has 1 aliphatic heterocycles. The first kappa shape index (κ1) is 22.9. The Morgan fingerprint density at radius 3 is 1.84 bits per heavy atom. The SMILES string of the molecule is N#Cc1cc(C#N)c(-c2ccc(-c3ccc([N+]4([O-])c5ccccc5-c5cccnc54)cc3)cc2)c(C#N)c1. The zero-order chi connectivity index (χ0) is 26.3. The summed E-state index contributed by atoms with van der Waals surface area (Å²) in [6, 6.07) is 35.6. The lowest BCUT2D eigenvalue weighted by Gasteiger charge is -2.37. The summed E-state index contributed by atoms with van der Waals surface area (Å²) in [5.74, 6) is 0.454. The molecular weight excluding hydrogens is 470 g/mol. The second-order valence-corrected chi connectivity index (χ2v) is 8.91. The maximum atomic E-state index is 14.4. The Morgan fingerprint density at radius 2 is 1.21 bits per heavy atom. The molecule has 0 spiro atoms. The molecule has 0 aliphatic carbocycles. The van der Waals surface area contributed by atoms with E-state index >= 15 is 0 Å². The van der Waals surface area contributed by atoms with Crippen molar-refractivity contribution in [1.82, 2.24) is 9.63 Å². The zero-order valence-corrected chi connectivity index (χ0v) is 20.0. The predicted molar refractivity (Wildman–Crippen MR) is 146 cm³/mol. The van der Waals surface area contributed by atoms with Crippen LogP contribution in [0.25, 0.3) is 33.4 Å². The molecule has 4 aromatic carbocycles. The largest absolute Gasteiger partial charge is 0.615 e. The smallest absolute Gasteiger partial charge is 0.246 e. The van der Waals surface area contributed by atoms with Crippen molar-refractivity contribution in [3.05, 3.63) is 125 Å². The van der Waals surface area contributed by atoms with Crippen molar-refractivity contribution >= 4 is 17.2 Å². The minimum absolute atomic E-state index is 0.274. The average Bonchev–Trinajstić information content (AvgIpc) is 3.26. The van der Waals surface area contributed by atoms with Crippen LogP contribution in [-0.2, 0) is 0 Å². The quantitative estimate of drug-likeness (QED) is 0.194. The lowest BCUT2D eigenvalue weighted by atomic mass is 9.92. The van der Waals surface area contributed by atoms with Crippen LogP contribution in [0.1, 0.15) is 16.7 Å². The number of rotatable bonds is 3. The Kier molecular flexibility index (Phi) is 5.30. The van der Waals surface area contributed by atoms with E-state index in [2.05, 4.69) is 17.1 Å². The van der Waals surface area contributed by atoms with Gasteiger partial charge in [0.15, 0.2) is 5.69 Å². The predicted octanol–water partition coefficient (Wildman–Crippen LogP) is 7.48. The molecule has 1 aliphatic rings. The number of para-hydroxylation sites is 1. The van der Waals surface area contributed by atoms with E-state index in [0.29, 0.717) is 28.3 Å². The van der Waals surface area contributed by atoms with Gasteiger partial charge < -0.3 is 5.21 Å². The Labute approximate surface area is 219 Å². The van der Waals surface area contributed by atoms with E-state index < -0.39 is 4.65 Å². The van der Waals surface area contributed by atoms with E-state index in [1.54, 1.807) is 6.20 Å². The molecule has 0 amide bonds. The molecule has 0 fully saturated rings. The third kappa shape index (κ3) is 3.37. The molecule has 6 heteroatoms. The maximum absolute atomic E-state index is 14.4. The first-order chi connectivity index (χ1) is 18.6. The molecule has 38 heavy (non-hydrogen) atoms. The van der Waals surface area contributed by atoms with Gasteiger partial charge in [-0.05, 0) is 59.2 Å². The fraction of sp³-hybridized carbons (Fsp3) is 0. The fourth-order valence-electron chi connectivity index (χ4n) is 5.10. The van der Waals surface area contributed by atoms with E-state index in [1.807, 2.05) is 91.0 Å². The lowest BCUT2D eigenvalue weighted by molar-refractivity contribution is 0.689. The molecule has 176 valence electrons. The van der Waals surface area contributed by atoms with Crippen molar-refractivity contribution in [2.75, 3.05) is 0 Å². The van der Waals surface area contributed by atoms with E-state index in [0.717, 1.165) is 22.3 Å². The van der Waals surface area contributed by atoms with Crippen molar-refractivity contribution in [2.45, 2.75) is 0 Å². The van der Waals surface area contributed by atoms with E-state index in [1.165, 1.54) is 12.1 Å². The van der Waals surface area contributed by atoms with Gasteiger partial charge in [-0.25, -0.2) is 9.63 Å². The standard InChI is InChI=1S/C32H17N5O/c33-18-21-16-25(19-34)31(26(17-21)20-35)24-9-7-22(8-10-24)23-11-13-27(14-12-23)37(38)30-6-2-1-4-28(30)29-5-3-15-36-32(29)37/h1-17H. The van der Waals surface area contributed by atoms with Crippen LogP contribution in [0.2, 0.25) is 0 Å². The molecule has 0 saturated heterocycles. The number of benzene rings is 4. The van der Waals surface area contributed by atoms with Crippen LogP contribution in [0.15, 0.2) is 103 Å². The van der Waals surface area contributed by atoms with Crippen molar-refractivity contribution < 1.29 is 0 Å². The molecule has 0 saturated carbocycles. The summed E-state index contributed by atoms with van der Waals surface area (Å²) in [6.45, 7) is 0. The molecule has 6 nitrogen and oxygen atoms in total. The van der Waals surface area contributed by atoms with Crippen LogP contribution in [-0.4, -0.2) is 4.98 Å². The van der Waals surface area contributed by atoms with Gasteiger partial charge in [-0.3, -0.25) is 0 Å². The van der Waals surface area contributed by atoms with Crippen LogP contribution in [0.5, 0.6) is 0 Å². The normalized spacial score (nSPS) is 15.0. The number of nitriles is 3. The highest BCUT2D eigenvalue weighted by Gasteiger charge is 2.40. The van der Waals surface area contributed by atoms with Gasteiger partial charge in [0.25, 0.3) is 0 Å². The van der Waals surface area contributed by atoms with Crippen LogP contribution < -0.4 is 4.65 Å². The number of aromatic nitrogens is 1. The van der Waals surface area contributed by atoms with Crippen molar-refractivity contribution in [1.29, 1.82) is 15.8 Å². The van der Waals surface area contributed by atoms with E-state index in [9.17, 15) is 21.0 Å². The van der Waals surface area contributed by atoms with Crippen molar-refractivity contribution in [3.8, 4) is 51.6 Å². The number of nitrogens with zero attached hydrogens (tertiary/aromatic N) is 5. The first-order valence-electron chi connectivity index (χ1n) is 11.8. The molecular formula is C32H17N5O. The van der Waals surface area contributed by atoms with Gasteiger partial charge in [0.2, 0.25) is 5.82 Å². The van der Waals surface area contributed by atoms with E-state index in [-0.39, 0.29) is 16.7 Å². The Morgan fingerprint density at radius 1 is 0.632 bits per heavy atom. The van der Waals surface area contributed by atoms with E-state index in [4.69, 9.17) is 0 Å². The monoisotopic (exact) mass is 487 g/mol. The van der Waals surface area contributed by atoms with Gasteiger partial charge in [0.05, 0.1) is 46.0 Å². The summed E-state index contributed by atoms with van der Waals surface area (Å²) in [7, 11) is 0. The number of quaternary nitrogens is 1. The first-order valence-corrected chi connectivity index (χ1v) is 11.8. The molecule has 1 unspecified atom stereocenters. The summed E-state index contributed by atoms with van der Waals surface area (Å²) < 4.78 is -0.752. The van der Waals surface area contributed by atoms with Gasteiger partial charge in [-0.15, -0.1) is 0 Å². The summed E-state index contributed by atoms with van der Waals surface area (Å²) in [5, 5.41) is 42.8. The highest BCUT2D eigenvalue weighted by Crippen LogP contribution is 2.55. The molecule has 1 aromatic heterocycles. The molecule has 2 heterocycles.